The highest BCUT2D eigenvalue weighted by Crippen LogP contribution is 2.32. The maximum absolute atomic E-state index is 12.7. The van der Waals surface area contributed by atoms with Gasteiger partial charge in [0.15, 0.2) is 5.75 Å². The molecule has 2 N–H and O–H groups in total. The third-order valence-electron chi connectivity index (χ3n) is 5.32. The number of rotatable bonds is 8. The van der Waals surface area contributed by atoms with Gasteiger partial charge in [-0.05, 0) is 70.0 Å². The van der Waals surface area contributed by atoms with Crippen LogP contribution < -0.4 is 15.5 Å². The molecule has 0 heterocycles. The molecular formula is C30H20Br2ClN3O4. The Kier molecular flexibility index (Phi) is 10.0. The highest BCUT2D eigenvalue weighted by atomic mass is 79.9. The maximum atomic E-state index is 12.7. The normalized spacial score (nSPS) is 11.0. The van der Waals surface area contributed by atoms with Gasteiger partial charge in [-0.3, -0.25) is 9.59 Å². The lowest BCUT2D eigenvalue weighted by molar-refractivity contribution is -0.128. The van der Waals surface area contributed by atoms with Crippen LogP contribution in [-0.2, 0) is 4.79 Å². The number of halogens is 3. The van der Waals surface area contributed by atoms with Crippen LogP contribution in [0.25, 0.3) is 6.08 Å². The van der Waals surface area contributed by atoms with E-state index in [4.69, 9.17) is 16.3 Å². The Morgan fingerprint density at radius 2 is 1.60 bits per heavy atom. The standard InChI is InChI=1S/C30H20Br2ClN3O4/c31-22-15-21(28(25(32)17-22)40-27(37)14-13-19-7-2-1-3-8-19)18-34-36-29(38)20-9-6-10-23(16-20)35-30(39)24-11-4-5-12-26(24)33/h1-18H,(H,35,39)(H,36,38)/b14-13+,34-18?. The number of hydrazone groups is 1. The third-order valence-corrected chi connectivity index (χ3v) is 6.70. The summed E-state index contributed by atoms with van der Waals surface area (Å²) in [4.78, 5) is 37.8. The summed E-state index contributed by atoms with van der Waals surface area (Å²) in [5.74, 6) is -1.26. The van der Waals surface area contributed by atoms with Crippen molar-refractivity contribution in [2.45, 2.75) is 0 Å². The largest absolute Gasteiger partial charge is 0.421 e. The van der Waals surface area contributed by atoms with Gasteiger partial charge in [0.1, 0.15) is 0 Å². The first-order chi connectivity index (χ1) is 19.3. The van der Waals surface area contributed by atoms with Crippen LogP contribution in [0.3, 0.4) is 0 Å². The predicted octanol–water partition coefficient (Wildman–Crippen LogP) is 7.50. The van der Waals surface area contributed by atoms with Gasteiger partial charge in [-0.15, -0.1) is 0 Å². The van der Waals surface area contributed by atoms with E-state index >= 15 is 0 Å². The molecule has 0 fully saturated rings. The van der Waals surface area contributed by atoms with Crippen molar-refractivity contribution in [1.29, 1.82) is 0 Å². The number of carbonyl (C=O) groups excluding carboxylic acids is 3. The minimum atomic E-state index is -0.582. The van der Waals surface area contributed by atoms with Gasteiger partial charge in [-0.25, -0.2) is 10.2 Å². The SMILES string of the molecule is O=C(/C=C/c1ccccc1)Oc1c(Br)cc(Br)cc1C=NNC(=O)c1cccc(NC(=O)c2ccccc2Cl)c1. The van der Waals surface area contributed by atoms with Crippen LogP contribution in [0.1, 0.15) is 31.8 Å². The fraction of sp³-hybridized carbons (Fsp3) is 0. The van der Waals surface area contributed by atoms with Crippen molar-refractivity contribution in [3.63, 3.8) is 0 Å². The van der Waals surface area contributed by atoms with E-state index in [0.717, 1.165) is 5.56 Å². The van der Waals surface area contributed by atoms with Gasteiger partial charge in [0.25, 0.3) is 11.8 Å². The fourth-order valence-corrected chi connectivity index (χ4v) is 5.01. The first-order valence-electron chi connectivity index (χ1n) is 11.7. The van der Waals surface area contributed by atoms with Gasteiger partial charge >= 0.3 is 5.97 Å². The number of amides is 2. The Bertz CT molecular complexity index is 1620. The van der Waals surface area contributed by atoms with Crippen molar-refractivity contribution in [3.05, 3.63) is 133 Å². The van der Waals surface area contributed by atoms with E-state index in [0.29, 0.717) is 30.8 Å². The number of ether oxygens (including phenoxy) is 1. The second-order valence-electron chi connectivity index (χ2n) is 8.18. The average Bonchev–Trinajstić information content (AvgIpc) is 2.94. The van der Waals surface area contributed by atoms with Crippen LogP contribution in [0.5, 0.6) is 5.75 Å². The Labute approximate surface area is 252 Å². The minimum Gasteiger partial charge on any atom is -0.421 e. The van der Waals surface area contributed by atoms with Crippen LogP contribution >= 0.6 is 43.5 Å². The lowest BCUT2D eigenvalue weighted by atomic mass is 10.1. The molecule has 0 spiro atoms. The van der Waals surface area contributed by atoms with Crippen molar-refractivity contribution < 1.29 is 19.1 Å². The molecule has 0 bridgehead atoms. The summed E-state index contributed by atoms with van der Waals surface area (Å²) in [6.45, 7) is 0. The van der Waals surface area contributed by atoms with Gasteiger partial charge in [0.2, 0.25) is 0 Å². The van der Waals surface area contributed by atoms with Crippen molar-refractivity contribution in [1.82, 2.24) is 5.43 Å². The molecule has 4 aromatic rings. The van der Waals surface area contributed by atoms with E-state index in [-0.39, 0.29) is 11.3 Å². The summed E-state index contributed by atoms with van der Waals surface area (Å²) in [5, 5.41) is 7.08. The molecule has 4 rings (SSSR count). The van der Waals surface area contributed by atoms with Crippen molar-refractivity contribution >= 4 is 79.2 Å². The van der Waals surface area contributed by atoms with Crippen LogP contribution in [0.15, 0.2) is 111 Å². The molecule has 0 aliphatic rings. The molecule has 0 unspecified atom stereocenters. The lowest BCUT2D eigenvalue weighted by Crippen LogP contribution is -2.18. The number of hydrogen-bond donors (Lipinski definition) is 2. The molecule has 0 aromatic heterocycles. The quantitative estimate of drug-likeness (QED) is 0.0662. The zero-order valence-electron chi connectivity index (χ0n) is 20.6. The van der Waals surface area contributed by atoms with Gasteiger partial charge in [-0.2, -0.15) is 5.10 Å². The minimum absolute atomic E-state index is 0.230. The lowest BCUT2D eigenvalue weighted by Gasteiger charge is -2.09. The number of nitrogens with one attached hydrogen (secondary N) is 2. The number of nitrogens with zero attached hydrogens (tertiary/aromatic N) is 1. The molecule has 0 aliphatic carbocycles. The Morgan fingerprint density at radius 1 is 0.850 bits per heavy atom. The van der Waals surface area contributed by atoms with E-state index in [1.54, 1.807) is 60.7 Å². The van der Waals surface area contributed by atoms with Gasteiger partial charge in [0, 0.05) is 27.4 Å². The van der Waals surface area contributed by atoms with E-state index in [1.807, 2.05) is 30.3 Å². The summed E-state index contributed by atoms with van der Waals surface area (Å²) >= 11 is 12.9. The molecular weight excluding hydrogens is 662 g/mol. The summed E-state index contributed by atoms with van der Waals surface area (Å²) in [6, 6.07) is 25.8. The summed E-state index contributed by atoms with van der Waals surface area (Å²) in [7, 11) is 0. The number of carbonyl (C=O) groups is 3. The third kappa shape index (κ3) is 7.98. The molecule has 2 amide bonds. The highest BCUT2D eigenvalue weighted by molar-refractivity contribution is 9.11. The zero-order valence-corrected chi connectivity index (χ0v) is 24.5. The van der Waals surface area contributed by atoms with E-state index < -0.39 is 17.8 Å². The Hall–Kier alpha value is -4.05. The van der Waals surface area contributed by atoms with Crippen molar-refractivity contribution in [2.24, 2.45) is 5.10 Å². The maximum Gasteiger partial charge on any atom is 0.336 e. The van der Waals surface area contributed by atoms with Crippen LogP contribution in [-0.4, -0.2) is 24.0 Å². The Morgan fingerprint density at radius 3 is 2.38 bits per heavy atom. The molecule has 0 atom stereocenters. The molecule has 200 valence electrons. The Balaban J connectivity index is 1.44. The molecule has 0 saturated heterocycles. The van der Waals surface area contributed by atoms with E-state index in [2.05, 4.69) is 47.7 Å². The molecule has 0 saturated carbocycles. The van der Waals surface area contributed by atoms with Crippen LogP contribution in [0.2, 0.25) is 5.02 Å². The molecule has 4 aromatic carbocycles. The second kappa shape index (κ2) is 13.8. The highest BCUT2D eigenvalue weighted by Gasteiger charge is 2.14. The summed E-state index contributed by atoms with van der Waals surface area (Å²) in [5.41, 5.74) is 4.73. The van der Waals surface area contributed by atoms with Gasteiger partial charge < -0.3 is 10.1 Å². The average molecular weight is 682 g/mol. The summed E-state index contributed by atoms with van der Waals surface area (Å²) < 4.78 is 6.76. The first-order valence-corrected chi connectivity index (χ1v) is 13.7. The first kappa shape index (κ1) is 28.9. The fourth-order valence-electron chi connectivity index (χ4n) is 3.45. The smallest absolute Gasteiger partial charge is 0.336 e. The number of benzene rings is 4. The number of esters is 1. The van der Waals surface area contributed by atoms with E-state index in [9.17, 15) is 14.4 Å². The monoisotopic (exact) mass is 679 g/mol. The van der Waals surface area contributed by atoms with Gasteiger partial charge in [0.05, 0.1) is 21.3 Å². The molecule has 0 radical (unpaired) electrons. The van der Waals surface area contributed by atoms with Crippen molar-refractivity contribution in [3.8, 4) is 5.75 Å². The number of hydrogen-bond acceptors (Lipinski definition) is 5. The van der Waals surface area contributed by atoms with Crippen LogP contribution in [0.4, 0.5) is 5.69 Å². The molecule has 0 aliphatic heterocycles. The van der Waals surface area contributed by atoms with Gasteiger partial charge in [-0.1, -0.05) is 76.1 Å². The summed E-state index contributed by atoms with van der Waals surface area (Å²) in [6.07, 6.45) is 4.33. The molecule has 10 heteroatoms. The zero-order chi connectivity index (χ0) is 28.5. The van der Waals surface area contributed by atoms with Crippen molar-refractivity contribution in [2.75, 3.05) is 5.32 Å². The number of anilines is 1. The van der Waals surface area contributed by atoms with Crippen LogP contribution in [0, 0.1) is 0 Å². The van der Waals surface area contributed by atoms with E-state index in [1.165, 1.54) is 18.4 Å². The molecule has 40 heavy (non-hydrogen) atoms. The molecule has 7 nitrogen and oxygen atoms in total. The topological polar surface area (TPSA) is 96.9 Å². The second-order valence-corrected chi connectivity index (χ2v) is 10.4. The predicted molar refractivity (Wildman–Crippen MR) is 164 cm³/mol.